The van der Waals surface area contributed by atoms with Gasteiger partial charge in [0, 0.05) is 5.69 Å². The molecule has 2 aromatic rings. The molecule has 2 heteroatoms. The highest BCUT2D eigenvalue weighted by Crippen LogP contribution is 2.15. The molecule has 0 bridgehead atoms. The van der Waals surface area contributed by atoms with Crippen molar-refractivity contribution in [3.63, 3.8) is 0 Å². The summed E-state index contributed by atoms with van der Waals surface area (Å²) in [7, 11) is 0. The van der Waals surface area contributed by atoms with Gasteiger partial charge in [-0.25, -0.2) is 0 Å². The highest BCUT2D eigenvalue weighted by Gasteiger charge is 1.92. The summed E-state index contributed by atoms with van der Waals surface area (Å²) in [5, 5.41) is 0. The number of hydrogen-bond donors (Lipinski definition) is 1. The third-order valence-electron chi connectivity index (χ3n) is 2.60. The zero-order chi connectivity index (χ0) is 12.8. The third-order valence-corrected chi connectivity index (χ3v) is 2.60. The zero-order valence-electron chi connectivity index (χ0n) is 10.5. The van der Waals surface area contributed by atoms with Crippen LogP contribution in [0.5, 0.6) is 5.75 Å². The van der Waals surface area contributed by atoms with Crippen LogP contribution in [0, 0.1) is 0 Å². The van der Waals surface area contributed by atoms with Gasteiger partial charge in [-0.15, -0.1) is 0 Å². The fourth-order valence-electron chi connectivity index (χ4n) is 1.64. The smallest absolute Gasteiger partial charge is 0.119 e. The molecule has 0 saturated carbocycles. The molecular formula is C16H17NO. The van der Waals surface area contributed by atoms with Crippen LogP contribution in [0.3, 0.4) is 0 Å². The standard InChI is InChI=1S/C16H17NO/c1-2-18-16-11-7-14(8-12-16)4-3-13-5-9-15(17)10-6-13/h3-12H,2,17H2,1H3. The summed E-state index contributed by atoms with van der Waals surface area (Å²) in [5.41, 5.74) is 8.71. The first-order chi connectivity index (χ1) is 8.78. The molecular weight excluding hydrogens is 222 g/mol. The van der Waals surface area contributed by atoms with Gasteiger partial charge in [0.25, 0.3) is 0 Å². The first-order valence-electron chi connectivity index (χ1n) is 6.04. The lowest BCUT2D eigenvalue weighted by molar-refractivity contribution is 0.340. The van der Waals surface area contributed by atoms with Gasteiger partial charge in [-0.3, -0.25) is 0 Å². The van der Waals surface area contributed by atoms with Crippen molar-refractivity contribution in [1.29, 1.82) is 0 Å². The summed E-state index contributed by atoms with van der Waals surface area (Å²) in [6, 6.07) is 15.8. The van der Waals surface area contributed by atoms with Crippen LogP contribution in [0.2, 0.25) is 0 Å². The topological polar surface area (TPSA) is 35.2 Å². The van der Waals surface area contributed by atoms with E-state index in [0.29, 0.717) is 6.61 Å². The van der Waals surface area contributed by atoms with Crippen molar-refractivity contribution in [3.8, 4) is 5.75 Å². The molecule has 0 aromatic heterocycles. The second-order valence-electron chi connectivity index (χ2n) is 4.00. The van der Waals surface area contributed by atoms with Crippen molar-refractivity contribution < 1.29 is 4.74 Å². The van der Waals surface area contributed by atoms with Gasteiger partial charge >= 0.3 is 0 Å². The van der Waals surface area contributed by atoms with E-state index in [9.17, 15) is 0 Å². The van der Waals surface area contributed by atoms with E-state index in [1.807, 2.05) is 55.5 Å². The van der Waals surface area contributed by atoms with Crippen LogP contribution in [0.25, 0.3) is 12.2 Å². The van der Waals surface area contributed by atoms with Crippen LogP contribution in [-0.4, -0.2) is 6.61 Å². The second-order valence-corrected chi connectivity index (χ2v) is 4.00. The molecule has 0 spiro atoms. The molecule has 2 N–H and O–H groups in total. The number of nitrogens with two attached hydrogens (primary N) is 1. The highest BCUT2D eigenvalue weighted by molar-refractivity contribution is 5.70. The Hall–Kier alpha value is -2.22. The van der Waals surface area contributed by atoms with Crippen LogP contribution < -0.4 is 10.5 Å². The number of hydrogen-bond acceptors (Lipinski definition) is 2. The summed E-state index contributed by atoms with van der Waals surface area (Å²) < 4.78 is 5.40. The van der Waals surface area contributed by atoms with Gasteiger partial charge in [0.2, 0.25) is 0 Å². The van der Waals surface area contributed by atoms with Crippen molar-refractivity contribution >= 4 is 17.8 Å². The first kappa shape index (κ1) is 12.2. The van der Waals surface area contributed by atoms with Crippen LogP contribution in [0.1, 0.15) is 18.1 Å². The van der Waals surface area contributed by atoms with Gasteiger partial charge in [0.15, 0.2) is 0 Å². The predicted octanol–water partition coefficient (Wildman–Crippen LogP) is 3.84. The van der Waals surface area contributed by atoms with Gasteiger partial charge in [-0.2, -0.15) is 0 Å². The Balaban J connectivity index is 2.06. The molecule has 2 rings (SSSR count). The molecule has 18 heavy (non-hydrogen) atoms. The number of nitrogen functional groups attached to an aromatic ring is 1. The van der Waals surface area contributed by atoms with Crippen LogP contribution in [-0.2, 0) is 0 Å². The maximum absolute atomic E-state index is 5.64. The Kier molecular flexibility index (Phi) is 4.02. The zero-order valence-corrected chi connectivity index (χ0v) is 10.5. The van der Waals surface area contributed by atoms with Crippen LogP contribution >= 0.6 is 0 Å². The fraction of sp³-hybridized carbons (Fsp3) is 0.125. The number of anilines is 1. The Morgan fingerprint density at radius 1 is 0.889 bits per heavy atom. The fourth-order valence-corrected chi connectivity index (χ4v) is 1.64. The SMILES string of the molecule is CCOc1ccc(C=Cc2ccc(N)cc2)cc1. The highest BCUT2D eigenvalue weighted by atomic mass is 16.5. The van der Waals surface area contributed by atoms with Crippen molar-refractivity contribution in [2.45, 2.75) is 6.92 Å². The molecule has 0 saturated heterocycles. The first-order valence-corrected chi connectivity index (χ1v) is 6.04. The van der Waals surface area contributed by atoms with Gasteiger partial charge in [-0.1, -0.05) is 36.4 Å². The summed E-state index contributed by atoms with van der Waals surface area (Å²) in [4.78, 5) is 0. The molecule has 92 valence electrons. The summed E-state index contributed by atoms with van der Waals surface area (Å²) in [6.45, 7) is 2.68. The lowest BCUT2D eigenvalue weighted by Crippen LogP contribution is -1.90. The minimum atomic E-state index is 0.695. The van der Waals surface area contributed by atoms with Gasteiger partial charge in [0.1, 0.15) is 5.75 Å². The van der Waals surface area contributed by atoms with E-state index in [0.717, 1.165) is 22.6 Å². The Labute approximate surface area is 108 Å². The quantitative estimate of drug-likeness (QED) is 0.650. The van der Waals surface area contributed by atoms with Gasteiger partial charge < -0.3 is 10.5 Å². The lowest BCUT2D eigenvalue weighted by atomic mass is 10.1. The normalized spacial score (nSPS) is 10.7. The van der Waals surface area contributed by atoms with E-state index in [2.05, 4.69) is 12.2 Å². The molecule has 2 nitrogen and oxygen atoms in total. The van der Waals surface area contributed by atoms with Crippen molar-refractivity contribution in [1.82, 2.24) is 0 Å². The summed E-state index contributed by atoms with van der Waals surface area (Å²) >= 11 is 0. The molecule has 0 atom stereocenters. The maximum Gasteiger partial charge on any atom is 0.119 e. The molecule has 0 fully saturated rings. The van der Waals surface area contributed by atoms with E-state index in [1.54, 1.807) is 0 Å². The monoisotopic (exact) mass is 239 g/mol. The maximum atomic E-state index is 5.64. The van der Waals surface area contributed by atoms with E-state index in [-0.39, 0.29) is 0 Å². The Morgan fingerprint density at radius 2 is 1.39 bits per heavy atom. The van der Waals surface area contributed by atoms with E-state index < -0.39 is 0 Å². The van der Waals surface area contributed by atoms with Gasteiger partial charge in [-0.05, 0) is 42.3 Å². The molecule has 0 aliphatic carbocycles. The van der Waals surface area contributed by atoms with Crippen LogP contribution in [0.4, 0.5) is 5.69 Å². The molecule has 0 aliphatic rings. The largest absolute Gasteiger partial charge is 0.494 e. The molecule has 0 heterocycles. The molecule has 0 radical (unpaired) electrons. The minimum absolute atomic E-state index is 0.695. The van der Waals surface area contributed by atoms with E-state index in [4.69, 9.17) is 10.5 Å². The van der Waals surface area contributed by atoms with Crippen molar-refractivity contribution in [3.05, 3.63) is 59.7 Å². The predicted molar refractivity (Wildman–Crippen MR) is 77.4 cm³/mol. The van der Waals surface area contributed by atoms with E-state index >= 15 is 0 Å². The molecule has 0 unspecified atom stereocenters. The Bertz CT molecular complexity index is 512. The number of benzene rings is 2. The van der Waals surface area contributed by atoms with Crippen molar-refractivity contribution in [2.75, 3.05) is 12.3 Å². The average Bonchev–Trinajstić information content (AvgIpc) is 2.40. The summed E-state index contributed by atoms with van der Waals surface area (Å²) in [5.74, 6) is 0.905. The van der Waals surface area contributed by atoms with Crippen molar-refractivity contribution in [2.24, 2.45) is 0 Å². The average molecular weight is 239 g/mol. The second kappa shape index (κ2) is 5.92. The minimum Gasteiger partial charge on any atom is -0.494 e. The van der Waals surface area contributed by atoms with Crippen LogP contribution in [0.15, 0.2) is 48.5 Å². The molecule has 0 aliphatic heterocycles. The Morgan fingerprint density at radius 3 is 1.89 bits per heavy atom. The lowest BCUT2D eigenvalue weighted by Gasteiger charge is -2.02. The molecule has 0 amide bonds. The molecule has 2 aromatic carbocycles. The number of rotatable bonds is 4. The van der Waals surface area contributed by atoms with Gasteiger partial charge in [0.05, 0.1) is 6.61 Å². The van der Waals surface area contributed by atoms with E-state index in [1.165, 1.54) is 0 Å². The third kappa shape index (κ3) is 3.39. The summed E-state index contributed by atoms with van der Waals surface area (Å²) in [6.07, 6.45) is 4.14. The number of ether oxygens (including phenoxy) is 1.